The van der Waals surface area contributed by atoms with E-state index in [1.54, 1.807) is 5.57 Å². The predicted octanol–water partition coefficient (Wildman–Crippen LogP) is 10.6. The lowest BCUT2D eigenvalue weighted by Gasteiger charge is -2.58. The quantitative estimate of drug-likeness (QED) is 0.131. The van der Waals surface area contributed by atoms with Crippen molar-refractivity contribution in [2.75, 3.05) is 0 Å². The van der Waals surface area contributed by atoms with E-state index in [0.29, 0.717) is 17.3 Å². The molecule has 0 radical (unpaired) electrons. The maximum Gasteiger partial charge on any atom is 0.306 e. The van der Waals surface area contributed by atoms with E-state index in [2.05, 4.69) is 33.8 Å². The lowest BCUT2D eigenvalue weighted by atomic mass is 9.47. The molecule has 4 aliphatic carbocycles. The van der Waals surface area contributed by atoms with Gasteiger partial charge in [0, 0.05) is 12.8 Å². The van der Waals surface area contributed by atoms with Gasteiger partial charge >= 0.3 is 5.97 Å². The molecule has 0 amide bonds. The Labute approximate surface area is 230 Å². The molecule has 7 atom stereocenters. The summed E-state index contributed by atoms with van der Waals surface area (Å²) in [5.41, 5.74) is 2.59. The lowest BCUT2D eigenvalue weighted by molar-refractivity contribution is -0.151. The average molecular weight is 513 g/mol. The highest BCUT2D eigenvalue weighted by Gasteiger charge is 2.58. The van der Waals surface area contributed by atoms with Crippen molar-refractivity contribution in [3.8, 4) is 0 Å². The maximum atomic E-state index is 12.5. The molecule has 0 aromatic rings. The van der Waals surface area contributed by atoms with Crippen molar-refractivity contribution < 1.29 is 9.53 Å². The molecule has 4 unspecified atom stereocenters. The van der Waals surface area contributed by atoms with Crippen molar-refractivity contribution in [1.29, 1.82) is 0 Å². The summed E-state index contributed by atoms with van der Waals surface area (Å²) in [7, 11) is 0. The van der Waals surface area contributed by atoms with Crippen LogP contribution >= 0.6 is 0 Å². The van der Waals surface area contributed by atoms with E-state index in [9.17, 15) is 4.79 Å². The van der Waals surface area contributed by atoms with Gasteiger partial charge in [0.1, 0.15) is 6.10 Å². The fourth-order valence-electron chi connectivity index (χ4n) is 9.60. The van der Waals surface area contributed by atoms with E-state index in [-0.39, 0.29) is 12.1 Å². The lowest BCUT2D eigenvalue weighted by Crippen LogP contribution is -2.50. The van der Waals surface area contributed by atoms with E-state index in [0.717, 1.165) is 42.9 Å². The maximum absolute atomic E-state index is 12.5. The van der Waals surface area contributed by atoms with E-state index < -0.39 is 0 Å². The number of unbranched alkanes of at least 4 members (excludes halogenated alkanes) is 9. The topological polar surface area (TPSA) is 26.3 Å². The minimum atomic E-state index is 0.0511. The number of esters is 1. The van der Waals surface area contributed by atoms with Gasteiger partial charge in [0.15, 0.2) is 0 Å². The van der Waals surface area contributed by atoms with Gasteiger partial charge in [-0.05, 0) is 92.3 Å². The molecule has 0 saturated heterocycles. The number of hydrogen-bond acceptors (Lipinski definition) is 2. The summed E-state index contributed by atoms with van der Waals surface area (Å²) >= 11 is 0. The Balaban J connectivity index is 1.29. The molecule has 0 heterocycles. The van der Waals surface area contributed by atoms with Crippen molar-refractivity contribution in [3.05, 3.63) is 11.6 Å². The third kappa shape index (κ3) is 6.69. The van der Waals surface area contributed by atoms with Gasteiger partial charge < -0.3 is 4.74 Å². The first-order valence-corrected chi connectivity index (χ1v) is 16.8. The number of rotatable bonds is 14. The summed E-state index contributed by atoms with van der Waals surface area (Å²) < 4.78 is 6.02. The third-order valence-electron chi connectivity index (χ3n) is 11.9. The van der Waals surface area contributed by atoms with E-state index in [1.165, 1.54) is 109 Å². The van der Waals surface area contributed by atoms with Gasteiger partial charge in [-0.2, -0.15) is 0 Å². The molecular weight excluding hydrogens is 452 g/mol. The summed E-state index contributed by atoms with van der Waals surface area (Å²) in [6, 6.07) is 0. The molecule has 0 spiro atoms. The molecule has 3 saturated carbocycles. The van der Waals surface area contributed by atoms with Gasteiger partial charge in [0.25, 0.3) is 0 Å². The van der Waals surface area contributed by atoms with Gasteiger partial charge in [0.05, 0.1) is 0 Å². The van der Waals surface area contributed by atoms with Crippen molar-refractivity contribution in [1.82, 2.24) is 0 Å². The highest BCUT2D eigenvalue weighted by atomic mass is 16.5. The SMILES string of the molecule is CCCCCCCCC1CCC2C3CC=C4C[C@@H](OC(=O)CCCCCCC)CC[C@]4(C)C3CC[C@]12C. The molecule has 212 valence electrons. The van der Waals surface area contributed by atoms with Crippen LogP contribution < -0.4 is 0 Å². The average Bonchev–Trinajstić information content (AvgIpc) is 3.22. The van der Waals surface area contributed by atoms with Gasteiger partial charge in [-0.1, -0.05) is 104 Å². The fourth-order valence-corrected chi connectivity index (χ4v) is 9.60. The summed E-state index contributed by atoms with van der Waals surface area (Å²) in [5.74, 6) is 3.71. The van der Waals surface area contributed by atoms with Gasteiger partial charge in [0.2, 0.25) is 0 Å². The molecular formula is C35H60O2. The van der Waals surface area contributed by atoms with Crippen LogP contribution in [0.2, 0.25) is 0 Å². The Morgan fingerprint density at radius 1 is 0.838 bits per heavy atom. The standard InChI is InChI=1S/C35H60O2/c1-5-7-9-11-13-14-16-27-19-21-31-30-20-18-28-26-29(37-33(36)17-15-12-10-8-6-2)22-24-35(28,4)32(30)23-25-34(27,31)3/h18,27,29-32H,5-17,19-26H2,1-4H3/t27?,29-,30?,31?,32?,34+,35-/m0/s1. The van der Waals surface area contributed by atoms with Crippen LogP contribution in [0.4, 0.5) is 0 Å². The zero-order valence-electron chi connectivity index (χ0n) is 25.1. The first-order valence-electron chi connectivity index (χ1n) is 16.8. The molecule has 0 aromatic heterocycles. The second-order valence-electron chi connectivity index (χ2n) is 14.2. The van der Waals surface area contributed by atoms with Crippen LogP contribution in [-0.4, -0.2) is 12.1 Å². The largest absolute Gasteiger partial charge is 0.462 e. The van der Waals surface area contributed by atoms with Crippen LogP contribution in [0.1, 0.15) is 163 Å². The minimum absolute atomic E-state index is 0.0511. The Bertz CT molecular complexity index is 754. The minimum Gasteiger partial charge on any atom is -0.462 e. The normalized spacial score (nSPS) is 36.9. The molecule has 4 rings (SSSR count). The Morgan fingerprint density at radius 3 is 2.30 bits per heavy atom. The number of carbonyl (C=O) groups is 1. The summed E-state index contributed by atoms with van der Waals surface area (Å²) in [5, 5.41) is 0. The first-order chi connectivity index (χ1) is 17.9. The molecule has 2 nitrogen and oxygen atoms in total. The molecule has 37 heavy (non-hydrogen) atoms. The van der Waals surface area contributed by atoms with Crippen molar-refractivity contribution >= 4 is 5.97 Å². The molecule has 0 bridgehead atoms. The number of allylic oxidation sites excluding steroid dienone is 1. The third-order valence-corrected chi connectivity index (χ3v) is 11.9. The number of hydrogen-bond donors (Lipinski definition) is 0. The molecule has 4 aliphatic rings. The molecule has 0 aliphatic heterocycles. The van der Waals surface area contributed by atoms with Gasteiger partial charge in [-0.3, -0.25) is 4.79 Å². The van der Waals surface area contributed by atoms with Crippen molar-refractivity contribution in [2.45, 2.75) is 169 Å². The van der Waals surface area contributed by atoms with Crippen LogP contribution in [0.5, 0.6) is 0 Å². The highest BCUT2D eigenvalue weighted by Crippen LogP contribution is 2.66. The summed E-state index contributed by atoms with van der Waals surface area (Å²) in [6.07, 6.45) is 29.8. The monoisotopic (exact) mass is 512 g/mol. The summed E-state index contributed by atoms with van der Waals surface area (Å²) in [6.45, 7) is 9.84. The second kappa shape index (κ2) is 13.5. The van der Waals surface area contributed by atoms with Crippen molar-refractivity contribution in [2.24, 2.45) is 34.5 Å². The zero-order chi connectivity index (χ0) is 26.3. The zero-order valence-corrected chi connectivity index (χ0v) is 25.1. The smallest absolute Gasteiger partial charge is 0.306 e. The number of ether oxygens (including phenoxy) is 1. The van der Waals surface area contributed by atoms with E-state index >= 15 is 0 Å². The first kappa shape index (κ1) is 29.2. The van der Waals surface area contributed by atoms with E-state index in [4.69, 9.17) is 4.74 Å². The molecule has 0 aromatic carbocycles. The fraction of sp³-hybridized carbons (Fsp3) is 0.914. The predicted molar refractivity (Wildman–Crippen MR) is 156 cm³/mol. The molecule has 3 fully saturated rings. The second-order valence-corrected chi connectivity index (χ2v) is 14.2. The Kier molecular flexibility index (Phi) is 10.7. The number of fused-ring (bicyclic) bond motifs is 5. The van der Waals surface area contributed by atoms with Crippen molar-refractivity contribution in [3.63, 3.8) is 0 Å². The molecule has 2 heteroatoms. The van der Waals surface area contributed by atoms with E-state index in [1.807, 2.05) is 0 Å². The van der Waals surface area contributed by atoms with Crippen LogP contribution in [0.25, 0.3) is 0 Å². The van der Waals surface area contributed by atoms with Crippen LogP contribution in [0, 0.1) is 34.5 Å². The molecule has 0 N–H and O–H groups in total. The van der Waals surface area contributed by atoms with Crippen LogP contribution in [0.15, 0.2) is 11.6 Å². The highest BCUT2D eigenvalue weighted by molar-refractivity contribution is 5.69. The Morgan fingerprint density at radius 2 is 1.54 bits per heavy atom. The van der Waals surface area contributed by atoms with Gasteiger partial charge in [-0.15, -0.1) is 0 Å². The number of carbonyl (C=O) groups excluding carboxylic acids is 1. The summed E-state index contributed by atoms with van der Waals surface area (Å²) in [4.78, 5) is 12.5. The van der Waals surface area contributed by atoms with Gasteiger partial charge in [-0.25, -0.2) is 0 Å². The Hall–Kier alpha value is -0.790. The van der Waals surface area contributed by atoms with Crippen LogP contribution in [0.3, 0.4) is 0 Å². The van der Waals surface area contributed by atoms with Crippen LogP contribution in [-0.2, 0) is 9.53 Å².